The first-order valence-corrected chi connectivity index (χ1v) is 12.3. The van der Waals surface area contributed by atoms with Crippen LogP contribution in [0.1, 0.15) is 89.2 Å². The molecule has 1 aliphatic heterocycles. The van der Waals surface area contributed by atoms with Crippen LogP contribution in [0.2, 0.25) is 0 Å². The summed E-state index contributed by atoms with van der Waals surface area (Å²) in [4.78, 5) is 19.8. The molecular formula is C29H39NO3. The third kappa shape index (κ3) is 4.48. The van der Waals surface area contributed by atoms with Gasteiger partial charge in [0, 0.05) is 0 Å². The van der Waals surface area contributed by atoms with Crippen molar-refractivity contribution in [1.82, 2.24) is 5.06 Å². The minimum Gasteiger partial charge on any atom is -0.456 e. The lowest BCUT2D eigenvalue weighted by Crippen LogP contribution is -2.52. The lowest BCUT2D eigenvalue weighted by Gasteiger charge is -2.46. The van der Waals surface area contributed by atoms with Crippen LogP contribution in [0.25, 0.3) is 0 Å². The van der Waals surface area contributed by atoms with Gasteiger partial charge < -0.3 is 4.74 Å². The van der Waals surface area contributed by atoms with Gasteiger partial charge in [0.25, 0.3) is 0 Å². The average molecular weight is 450 g/mol. The van der Waals surface area contributed by atoms with Crippen molar-refractivity contribution in [1.29, 1.82) is 0 Å². The van der Waals surface area contributed by atoms with Crippen LogP contribution < -0.4 is 0 Å². The van der Waals surface area contributed by atoms with E-state index < -0.39 is 0 Å². The van der Waals surface area contributed by atoms with E-state index in [0.717, 1.165) is 19.3 Å². The molecule has 4 rings (SSSR count). The summed E-state index contributed by atoms with van der Waals surface area (Å²) in [5, 5.41) is 2.15. The molecule has 2 aliphatic rings. The molecule has 0 aromatic heterocycles. The highest BCUT2D eigenvalue weighted by molar-refractivity contribution is 5.89. The molecular weight excluding hydrogens is 410 g/mol. The van der Waals surface area contributed by atoms with E-state index in [1.54, 1.807) is 0 Å². The zero-order chi connectivity index (χ0) is 24.0. The minimum absolute atomic E-state index is 0.158. The number of fused-ring (bicyclic) bond motifs is 1. The Bertz CT molecular complexity index is 954. The fourth-order valence-corrected chi connectivity index (χ4v) is 5.78. The van der Waals surface area contributed by atoms with Crippen LogP contribution in [-0.4, -0.2) is 23.2 Å². The lowest BCUT2D eigenvalue weighted by atomic mass is 9.71. The number of benzene rings is 2. The first-order chi connectivity index (χ1) is 15.4. The van der Waals surface area contributed by atoms with Gasteiger partial charge in [0.15, 0.2) is 0 Å². The van der Waals surface area contributed by atoms with Gasteiger partial charge in [-0.15, -0.1) is 0 Å². The molecule has 1 heterocycles. The van der Waals surface area contributed by atoms with Crippen LogP contribution in [0.3, 0.4) is 0 Å². The number of esters is 1. The van der Waals surface area contributed by atoms with Crippen LogP contribution >= 0.6 is 0 Å². The van der Waals surface area contributed by atoms with E-state index in [1.165, 1.54) is 11.1 Å². The summed E-state index contributed by atoms with van der Waals surface area (Å²) in [6, 6.07) is 17.9. The van der Waals surface area contributed by atoms with Crippen LogP contribution in [0, 0.1) is 11.3 Å². The van der Waals surface area contributed by atoms with Crippen LogP contribution in [0.15, 0.2) is 54.6 Å². The van der Waals surface area contributed by atoms with Gasteiger partial charge in [0.1, 0.15) is 12.2 Å². The number of carbonyl (C=O) groups is 1. The van der Waals surface area contributed by atoms with Gasteiger partial charge in [-0.2, -0.15) is 5.06 Å². The molecule has 0 amide bonds. The summed E-state index contributed by atoms with van der Waals surface area (Å²) in [5.41, 5.74) is 2.75. The topological polar surface area (TPSA) is 38.8 Å². The zero-order valence-electron chi connectivity index (χ0n) is 21.2. The molecule has 0 N–H and O–H groups in total. The molecule has 0 radical (unpaired) electrons. The SMILES string of the molecule is CC(C)(C)[C@H]1CC[C@H](ON2C(C)(C)c3ccccc3C2(C)C)[C@H](OC(=O)c2ccccc2)C1. The fraction of sp³-hybridized carbons (Fsp3) is 0.552. The monoisotopic (exact) mass is 449 g/mol. The smallest absolute Gasteiger partial charge is 0.338 e. The van der Waals surface area contributed by atoms with Gasteiger partial charge in [0.05, 0.1) is 16.6 Å². The maximum Gasteiger partial charge on any atom is 0.338 e. The Labute approximate surface area is 199 Å². The Hall–Kier alpha value is -2.17. The molecule has 1 saturated carbocycles. The molecule has 3 atom stereocenters. The lowest BCUT2D eigenvalue weighted by molar-refractivity contribution is -0.308. The van der Waals surface area contributed by atoms with E-state index in [0.29, 0.717) is 11.5 Å². The Morgan fingerprint density at radius 3 is 1.94 bits per heavy atom. The molecule has 33 heavy (non-hydrogen) atoms. The molecule has 2 aromatic rings. The standard InChI is InChI=1S/C29H39NO3/c1-27(2,3)21-17-18-24(25(19-21)32-26(31)20-13-9-8-10-14-20)33-30-28(4,5)22-15-11-12-16-23(22)29(30,6)7/h8-16,21,24-25H,17-19H2,1-7H3/t21-,24-,25+/m0/s1. The summed E-state index contributed by atoms with van der Waals surface area (Å²) in [7, 11) is 0. The summed E-state index contributed by atoms with van der Waals surface area (Å²) in [6.07, 6.45) is 2.28. The van der Waals surface area contributed by atoms with Crippen molar-refractivity contribution in [2.75, 3.05) is 0 Å². The van der Waals surface area contributed by atoms with Crippen molar-refractivity contribution >= 4 is 5.97 Å². The molecule has 2 aromatic carbocycles. The molecule has 0 spiro atoms. The number of ether oxygens (including phenoxy) is 1. The molecule has 1 fully saturated rings. The van der Waals surface area contributed by atoms with E-state index in [9.17, 15) is 4.79 Å². The van der Waals surface area contributed by atoms with Crippen LogP contribution in [0.4, 0.5) is 0 Å². The fourth-order valence-electron chi connectivity index (χ4n) is 5.78. The highest BCUT2D eigenvalue weighted by Crippen LogP contribution is 2.51. The molecule has 4 nitrogen and oxygen atoms in total. The predicted molar refractivity (Wildman–Crippen MR) is 132 cm³/mol. The first kappa shape index (κ1) is 24.0. The molecule has 178 valence electrons. The second-order valence-electron chi connectivity index (χ2n) is 11.8. The first-order valence-electron chi connectivity index (χ1n) is 12.3. The Morgan fingerprint density at radius 2 is 1.39 bits per heavy atom. The summed E-state index contributed by atoms with van der Waals surface area (Å²) in [6.45, 7) is 15.7. The van der Waals surface area contributed by atoms with Gasteiger partial charge in [-0.3, -0.25) is 4.84 Å². The van der Waals surface area contributed by atoms with Gasteiger partial charge in [-0.25, -0.2) is 4.79 Å². The van der Waals surface area contributed by atoms with Crippen molar-refractivity contribution in [2.45, 2.75) is 91.0 Å². The molecule has 4 heteroatoms. The van der Waals surface area contributed by atoms with Crippen molar-refractivity contribution in [3.05, 3.63) is 71.3 Å². The number of hydroxylamine groups is 2. The molecule has 0 bridgehead atoms. The molecule has 0 saturated heterocycles. The highest BCUT2D eigenvalue weighted by Gasteiger charge is 2.52. The predicted octanol–water partition coefficient (Wildman–Crippen LogP) is 6.84. The second kappa shape index (κ2) is 8.56. The number of rotatable bonds is 4. The molecule has 0 unspecified atom stereocenters. The number of carbonyl (C=O) groups excluding carboxylic acids is 1. The van der Waals surface area contributed by atoms with Crippen LogP contribution in [-0.2, 0) is 20.7 Å². The number of nitrogens with zero attached hydrogens (tertiary/aromatic N) is 1. The van der Waals surface area contributed by atoms with E-state index in [2.05, 4.69) is 77.8 Å². The summed E-state index contributed by atoms with van der Waals surface area (Å²) >= 11 is 0. The van der Waals surface area contributed by atoms with Crippen molar-refractivity contribution in [2.24, 2.45) is 11.3 Å². The second-order valence-corrected chi connectivity index (χ2v) is 11.8. The van der Waals surface area contributed by atoms with Crippen molar-refractivity contribution in [3.63, 3.8) is 0 Å². The van der Waals surface area contributed by atoms with E-state index in [4.69, 9.17) is 9.57 Å². The van der Waals surface area contributed by atoms with Crippen LogP contribution in [0.5, 0.6) is 0 Å². The third-order valence-corrected chi connectivity index (χ3v) is 7.73. The van der Waals surface area contributed by atoms with Gasteiger partial charge in [0.2, 0.25) is 0 Å². The molecule has 1 aliphatic carbocycles. The Morgan fingerprint density at radius 1 is 0.848 bits per heavy atom. The third-order valence-electron chi connectivity index (χ3n) is 7.73. The number of hydrogen-bond donors (Lipinski definition) is 0. The Balaban J connectivity index is 1.60. The summed E-state index contributed by atoms with van der Waals surface area (Å²) < 4.78 is 6.15. The maximum absolute atomic E-state index is 13.0. The van der Waals surface area contributed by atoms with Crippen molar-refractivity contribution < 1.29 is 14.4 Å². The summed E-state index contributed by atoms with van der Waals surface area (Å²) in [5.74, 6) is 0.203. The number of hydrogen-bond acceptors (Lipinski definition) is 4. The van der Waals surface area contributed by atoms with E-state index in [1.807, 2.05) is 30.3 Å². The zero-order valence-corrected chi connectivity index (χ0v) is 21.2. The maximum atomic E-state index is 13.0. The van der Waals surface area contributed by atoms with E-state index in [-0.39, 0.29) is 34.7 Å². The van der Waals surface area contributed by atoms with Crippen molar-refractivity contribution in [3.8, 4) is 0 Å². The minimum atomic E-state index is -0.286. The quantitative estimate of drug-likeness (QED) is 0.479. The van der Waals surface area contributed by atoms with E-state index >= 15 is 0 Å². The largest absolute Gasteiger partial charge is 0.456 e. The average Bonchev–Trinajstić information content (AvgIpc) is 2.92. The normalized spacial score (nSPS) is 26.6. The highest BCUT2D eigenvalue weighted by atomic mass is 16.7. The van der Waals surface area contributed by atoms with Gasteiger partial charge >= 0.3 is 5.97 Å². The van der Waals surface area contributed by atoms with Gasteiger partial charge in [-0.05, 0) is 81.5 Å². The Kier molecular flexibility index (Phi) is 6.22. The van der Waals surface area contributed by atoms with Gasteiger partial charge in [-0.1, -0.05) is 63.2 Å².